The van der Waals surface area contributed by atoms with E-state index in [-0.39, 0.29) is 0 Å². The number of benzene rings is 3. The summed E-state index contributed by atoms with van der Waals surface area (Å²) in [5, 5.41) is 4.95. The predicted octanol–water partition coefficient (Wildman–Crippen LogP) is 6.01. The van der Waals surface area contributed by atoms with Gasteiger partial charge in [0.15, 0.2) is 0 Å². The molecule has 0 saturated heterocycles. The van der Waals surface area contributed by atoms with Gasteiger partial charge in [-0.3, -0.25) is 0 Å². The number of aryl methyl sites for hydroxylation is 2. The van der Waals surface area contributed by atoms with Crippen LogP contribution in [0.1, 0.15) is 23.1 Å². The molecule has 1 aliphatic carbocycles. The maximum Gasteiger partial charge on any atom is 0.143 e. The zero-order valence-corrected chi connectivity index (χ0v) is 12.5. The summed E-state index contributed by atoms with van der Waals surface area (Å²) in [6.45, 7) is 2.18. The van der Waals surface area contributed by atoms with Gasteiger partial charge in [0.2, 0.25) is 0 Å². The average molecular weight is 284 g/mol. The van der Waals surface area contributed by atoms with Gasteiger partial charge in [-0.05, 0) is 42.3 Å². The van der Waals surface area contributed by atoms with Gasteiger partial charge in [0, 0.05) is 21.7 Å². The Morgan fingerprint density at radius 3 is 2.59 bits per heavy atom. The summed E-state index contributed by atoms with van der Waals surface area (Å²) in [4.78, 5) is 0. The Labute approximate surface area is 128 Å². The lowest BCUT2D eigenvalue weighted by Gasteiger charge is -2.09. The molecule has 0 atom stereocenters. The van der Waals surface area contributed by atoms with E-state index in [1.54, 1.807) is 0 Å². The molecule has 0 spiro atoms. The summed E-state index contributed by atoms with van der Waals surface area (Å²) in [7, 11) is 0. The maximum absolute atomic E-state index is 6.37. The van der Waals surface area contributed by atoms with Crippen LogP contribution in [-0.4, -0.2) is 0 Å². The molecule has 106 valence electrons. The molecule has 0 fully saturated rings. The molecular weight excluding hydrogens is 268 g/mol. The van der Waals surface area contributed by atoms with Crippen LogP contribution in [0.4, 0.5) is 0 Å². The van der Waals surface area contributed by atoms with Crippen LogP contribution < -0.4 is 0 Å². The minimum atomic E-state index is 1.02. The SMILES string of the molecule is Cc1cc2c3ccc4c(c3oc2c2ccccc12)C=CCC4. The van der Waals surface area contributed by atoms with Crippen LogP contribution in [0.15, 0.2) is 53.0 Å². The summed E-state index contributed by atoms with van der Waals surface area (Å²) in [5.74, 6) is 0. The van der Waals surface area contributed by atoms with Gasteiger partial charge in [-0.15, -0.1) is 0 Å². The summed E-state index contributed by atoms with van der Waals surface area (Å²) in [5.41, 5.74) is 6.03. The lowest BCUT2D eigenvalue weighted by atomic mass is 9.94. The van der Waals surface area contributed by atoms with Gasteiger partial charge in [0.05, 0.1) is 0 Å². The van der Waals surface area contributed by atoms with Gasteiger partial charge < -0.3 is 4.42 Å². The van der Waals surface area contributed by atoms with E-state index in [1.807, 2.05) is 0 Å². The minimum absolute atomic E-state index is 1.02. The van der Waals surface area contributed by atoms with E-state index in [1.165, 1.54) is 38.2 Å². The molecule has 0 N–H and O–H groups in total. The van der Waals surface area contributed by atoms with Gasteiger partial charge in [-0.25, -0.2) is 0 Å². The first kappa shape index (κ1) is 12.0. The minimum Gasteiger partial charge on any atom is -0.455 e. The molecular formula is C21H16O. The predicted molar refractivity (Wildman–Crippen MR) is 93.3 cm³/mol. The van der Waals surface area contributed by atoms with Crippen molar-refractivity contribution < 1.29 is 4.42 Å². The lowest BCUT2D eigenvalue weighted by Crippen LogP contribution is -1.93. The standard InChI is InChI=1S/C21H16O/c1-13-12-19-18-11-10-14-6-2-3-8-16(14)20(18)22-21(19)17-9-5-4-7-15(13)17/h3-5,7-12H,2,6H2,1H3. The number of hydrogen-bond donors (Lipinski definition) is 0. The molecule has 4 aromatic rings. The molecule has 0 bridgehead atoms. The van der Waals surface area contributed by atoms with Gasteiger partial charge in [0.1, 0.15) is 11.2 Å². The van der Waals surface area contributed by atoms with Crippen molar-refractivity contribution in [3.8, 4) is 0 Å². The largest absolute Gasteiger partial charge is 0.455 e. The molecule has 1 aliphatic rings. The first-order chi connectivity index (χ1) is 10.8. The number of rotatable bonds is 0. The zero-order valence-electron chi connectivity index (χ0n) is 12.5. The van der Waals surface area contributed by atoms with E-state index >= 15 is 0 Å². The fraction of sp³-hybridized carbons (Fsp3) is 0.143. The van der Waals surface area contributed by atoms with Gasteiger partial charge in [-0.1, -0.05) is 48.6 Å². The molecule has 5 rings (SSSR count). The van der Waals surface area contributed by atoms with Crippen molar-refractivity contribution >= 4 is 38.8 Å². The Balaban J connectivity index is 2.03. The number of fused-ring (bicyclic) bond motifs is 7. The van der Waals surface area contributed by atoms with E-state index in [0.717, 1.165) is 24.0 Å². The van der Waals surface area contributed by atoms with E-state index in [9.17, 15) is 0 Å². The third-order valence-electron chi connectivity index (χ3n) is 4.85. The number of furan rings is 1. The first-order valence-corrected chi connectivity index (χ1v) is 7.86. The molecule has 1 heteroatoms. The monoisotopic (exact) mass is 284 g/mol. The van der Waals surface area contributed by atoms with Crippen LogP contribution in [0.25, 0.3) is 38.8 Å². The van der Waals surface area contributed by atoms with E-state index in [4.69, 9.17) is 4.42 Å². The van der Waals surface area contributed by atoms with Crippen LogP contribution in [0.2, 0.25) is 0 Å². The summed E-state index contributed by atoms with van der Waals surface area (Å²) < 4.78 is 6.37. The molecule has 1 heterocycles. The highest BCUT2D eigenvalue weighted by molar-refractivity contribution is 6.17. The van der Waals surface area contributed by atoms with Crippen molar-refractivity contribution in [1.82, 2.24) is 0 Å². The quantitative estimate of drug-likeness (QED) is 0.385. The molecule has 22 heavy (non-hydrogen) atoms. The summed E-state index contributed by atoms with van der Waals surface area (Å²) in [6.07, 6.45) is 6.70. The average Bonchev–Trinajstić information content (AvgIpc) is 2.94. The normalized spacial score (nSPS) is 14.0. The molecule has 0 radical (unpaired) electrons. The highest BCUT2D eigenvalue weighted by atomic mass is 16.3. The topological polar surface area (TPSA) is 13.1 Å². The Bertz CT molecular complexity index is 1080. The second-order valence-corrected chi connectivity index (χ2v) is 6.17. The van der Waals surface area contributed by atoms with Crippen molar-refractivity contribution in [3.05, 3.63) is 65.2 Å². The van der Waals surface area contributed by atoms with E-state index in [0.29, 0.717) is 0 Å². The summed E-state index contributed by atoms with van der Waals surface area (Å²) >= 11 is 0. The van der Waals surface area contributed by atoms with Crippen molar-refractivity contribution in [2.75, 3.05) is 0 Å². The molecule has 0 saturated carbocycles. The Kier molecular flexibility index (Phi) is 2.32. The van der Waals surface area contributed by atoms with Crippen molar-refractivity contribution in [3.63, 3.8) is 0 Å². The fourth-order valence-electron chi connectivity index (χ4n) is 3.75. The highest BCUT2D eigenvalue weighted by Crippen LogP contribution is 2.39. The van der Waals surface area contributed by atoms with Gasteiger partial charge in [-0.2, -0.15) is 0 Å². The molecule has 0 amide bonds. The molecule has 0 aliphatic heterocycles. The van der Waals surface area contributed by atoms with Crippen LogP contribution in [0.5, 0.6) is 0 Å². The van der Waals surface area contributed by atoms with Crippen molar-refractivity contribution in [2.24, 2.45) is 0 Å². The van der Waals surface area contributed by atoms with Crippen LogP contribution in [0.3, 0.4) is 0 Å². The molecule has 1 aromatic heterocycles. The van der Waals surface area contributed by atoms with Crippen LogP contribution in [-0.2, 0) is 6.42 Å². The Morgan fingerprint density at radius 2 is 1.68 bits per heavy atom. The van der Waals surface area contributed by atoms with Crippen molar-refractivity contribution in [1.29, 1.82) is 0 Å². The van der Waals surface area contributed by atoms with Crippen molar-refractivity contribution in [2.45, 2.75) is 19.8 Å². The number of allylic oxidation sites excluding steroid dienone is 1. The van der Waals surface area contributed by atoms with E-state index in [2.05, 4.69) is 61.5 Å². The summed E-state index contributed by atoms with van der Waals surface area (Å²) in [6, 6.07) is 15.3. The lowest BCUT2D eigenvalue weighted by molar-refractivity contribution is 0.670. The third-order valence-corrected chi connectivity index (χ3v) is 4.85. The van der Waals surface area contributed by atoms with Crippen LogP contribution in [0, 0.1) is 6.92 Å². The van der Waals surface area contributed by atoms with E-state index < -0.39 is 0 Å². The Hall–Kier alpha value is -2.54. The number of hydrogen-bond acceptors (Lipinski definition) is 1. The Morgan fingerprint density at radius 1 is 0.864 bits per heavy atom. The molecule has 3 aromatic carbocycles. The molecule has 0 unspecified atom stereocenters. The second kappa shape index (κ2) is 4.23. The highest BCUT2D eigenvalue weighted by Gasteiger charge is 2.16. The first-order valence-electron chi connectivity index (χ1n) is 7.86. The molecule has 1 nitrogen and oxygen atoms in total. The maximum atomic E-state index is 6.37. The van der Waals surface area contributed by atoms with Gasteiger partial charge >= 0.3 is 0 Å². The second-order valence-electron chi connectivity index (χ2n) is 6.17. The van der Waals surface area contributed by atoms with Gasteiger partial charge in [0.25, 0.3) is 0 Å². The smallest absolute Gasteiger partial charge is 0.143 e. The zero-order chi connectivity index (χ0) is 14.7. The third kappa shape index (κ3) is 1.48. The fourth-order valence-corrected chi connectivity index (χ4v) is 3.75. The van der Waals surface area contributed by atoms with Crippen LogP contribution >= 0.6 is 0 Å².